The molecule has 3 heteroatoms. The summed E-state index contributed by atoms with van der Waals surface area (Å²) in [5.41, 5.74) is 1.09. The molecule has 0 aromatic heterocycles. The Morgan fingerprint density at radius 1 is 1.29 bits per heavy atom. The quantitative estimate of drug-likeness (QED) is 0.666. The number of esters is 1. The molecule has 2 rings (SSSR count). The summed E-state index contributed by atoms with van der Waals surface area (Å²) in [7, 11) is 0. The first-order valence-corrected chi connectivity index (χ1v) is 4.65. The molecule has 1 aromatic carbocycles. The number of rotatable bonds is 2. The molecule has 0 spiro atoms. The van der Waals surface area contributed by atoms with Gasteiger partial charge in [0.05, 0.1) is 0 Å². The van der Waals surface area contributed by atoms with Crippen molar-refractivity contribution < 1.29 is 14.3 Å². The third-order valence-corrected chi connectivity index (χ3v) is 2.16. The van der Waals surface area contributed by atoms with Gasteiger partial charge in [-0.3, -0.25) is 0 Å². The van der Waals surface area contributed by atoms with E-state index in [0.717, 1.165) is 5.56 Å². The Hall–Kier alpha value is -1.35. The molecular formula is C11H12O3. The Labute approximate surface area is 82.6 Å². The van der Waals surface area contributed by atoms with Gasteiger partial charge in [0, 0.05) is 6.42 Å². The van der Waals surface area contributed by atoms with Crippen molar-refractivity contribution in [1.29, 1.82) is 0 Å². The zero-order valence-electron chi connectivity index (χ0n) is 7.97. The molecule has 0 unspecified atom stereocenters. The highest BCUT2D eigenvalue weighted by Gasteiger charge is 2.32. The Bertz CT molecular complexity index is 321. The number of ether oxygens (including phenoxy) is 2. The number of carbonyl (C=O) groups is 1. The van der Waals surface area contributed by atoms with E-state index in [1.54, 1.807) is 6.92 Å². The fourth-order valence-electron chi connectivity index (χ4n) is 1.51. The van der Waals surface area contributed by atoms with Gasteiger partial charge in [-0.25, -0.2) is 4.79 Å². The van der Waals surface area contributed by atoms with E-state index < -0.39 is 12.4 Å². The minimum atomic E-state index is -0.438. The summed E-state index contributed by atoms with van der Waals surface area (Å²) in [6.07, 6.45) is -0.257. The fourth-order valence-corrected chi connectivity index (χ4v) is 1.51. The van der Waals surface area contributed by atoms with E-state index in [0.29, 0.717) is 6.42 Å². The van der Waals surface area contributed by atoms with Gasteiger partial charge < -0.3 is 9.47 Å². The van der Waals surface area contributed by atoms with Crippen molar-refractivity contribution >= 4 is 5.97 Å². The predicted octanol–water partition coefficient (Wildman–Crippen LogP) is 1.52. The van der Waals surface area contributed by atoms with Crippen LogP contribution in [0.25, 0.3) is 0 Å². The molecule has 74 valence electrons. The molecule has 0 bridgehead atoms. The van der Waals surface area contributed by atoms with Crippen LogP contribution in [0.3, 0.4) is 0 Å². The summed E-state index contributed by atoms with van der Waals surface area (Å²) in [6, 6.07) is 9.78. The normalized spacial score (nSPS) is 26.2. The molecule has 14 heavy (non-hydrogen) atoms. The molecule has 0 radical (unpaired) electrons. The molecule has 0 saturated carbocycles. The lowest BCUT2D eigenvalue weighted by Crippen LogP contribution is -2.19. The molecule has 1 aromatic rings. The van der Waals surface area contributed by atoms with Crippen LogP contribution in [-0.4, -0.2) is 18.4 Å². The third-order valence-electron chi connectivity index (χ3n) is 2.16. The topological polar surface area (TPSA) is 35.5 Å². The Kier molecular flexibility index (Phi) is 2.50. The number of benzene rings is 1. The average molecular weight is 192 g/mol. The van der Waals surface area contributed by atoms with Crippen molar-refractivity contribution in [3.05, 3.63) is 35.9 Å². The van der Waals surface area contributed by atoms with Crippen LogP contribution in [0, 0.1) is 0 Å². The number of cyclic esters (lactones) is 1. The van der Waals surface area contributed by atoms with Crippen LogP contribution in [0.4, 0.5) is 0 Å². The summed E-state index contributed by atoms with van der Waals surface area (Å²) >= 11 is 0. The van der Waals surface area contributed by atoms with Crippen molar-refractivity contribution in [3.8, 4) is 0 Å². The van der Waals surface area contributed by atoms with E-state index in [9.17, 15) is 4.79 Å². The van der Waals surface area contributed by atoms with Crippen LogP contribution in [0.15, 0.2) is 30.3 Å². The first-order valence-electron chi connectivity index (χ1n) is 4.65. The maximum atomic E-state index is 11.2. The minimum absolute atomic E-state index is 0.263. The molecule has 0 amide bonds. The van der Waals surface area contributed by atoms with E-state index in [2.05, 4.69) is 0 Å². The van der Waals surface area contributed by atoms with Crippen LogP contribution in [-0.2, 0) is 20.7 Å². The summed E-state index contributed by atoms with van der Waals surface area (Å²) < 4.78 is 10.2. The molecule has 0 N–H and O–H groups in total. The second-order valence-corrected chi connectivity index (χ2v) is 3.32. The van der Waals surface area contributed by atoms with Gasteiger partial charge >= 0.3 is 5.97 Å². The fraction of sp³-hybridized carbons (Fsp3) is 0.364. The van der Waals surface area contributed by atoms with Crippen LogP contribution < -0.4 is 0 Å². The van der Waals surface area contributed by atoms with Gasteiger partial charge in [-0.15, -0.1) is 0 Å². The minimum Gasteiger partial charge on any atom is -0.434 e. The van der Waals surface area contributed by atoms with Gasteiger partial charge in [0.1, 0.15) is 0 Å². The van der Waals surface area contributed by atoms with Crippen molar-refractivity contribution in [2.24, 2.45) is 0 Å². The van der Waals surface area contributed by atoms with Gasteiger partial charge in [-0.05, 0) is 12.5 Å². The second kappa shape index (κ2) is 3.80. The van der Waals surface area contributed by atoms with Crippen molar-refractivity contribution in [2.45, 2.75) is 25.7 Å². The van der Waals surface area contributed by atoms with Crippen molar-refractivity contribution in [1.82, 2.24) is 0 Å². The highest BCUT2D eigenvalue weighted by molar-refractivity contribution is 5.76. The number of hydrogen-bond donors (Lipinski definition) is 0. The number of carbonyl (C=O) groups excluding carboxylic acids is 1. The molecule has 0 aliphatic carbocycles. The highest BCUT2D eigenvalue weighted by atomic mass is 16.7. The monoisotopic (exact) mass is 192 g/mol. The first kappa shape index (κ1) is 9.21. The largest absolute Gasteiger partial charge is 0.434 e. The smallest absolute Gasteiger partial charge is 0.338 e. The molecule has 1 heterocycles. The van der Waals surface area contributed by atoms with E-state index in [-0.39, 0.29) is 5.97 Å². The molecule has 1 aliphatic rings. The standard InChI is InChI=1S/C11H12O3/c1-8-13-10(11(12)14-8)7-9-5-3-2-4-6-9/h2-6,8,10H,7H2,1H3/t8-,10+/m1/s1. The van der Waals surface area contributed by atoms with E-state index in [1.807, 2.05) is 30.3 Å². The lowest BCUT2D eigenvalue weighted by atomic mass is 10.1. The van der Waals surface area contributed by atoms with Crippen LogP contribution in [0.5, 0.6) is 0 Å². The van der Waals surface area contributed by atoms with Gasteiger partial charge in [-0.2, -0.15) is 0 Å². The zero-order chi connectivity index (χ0) is 9.97. The lowest BCUT2D eigenvalue weighted by Gasteiger charge is -2.05. The molecule has 1 saturated heterocycles. The van der Waals surface area contributed by atoms with Crippen molar-refractivity contribution in [2.75, 3.05) is 0 Å². The maximum Gasteiger partial charge on any atom is 0.338 e. The molecular weight excluding hydrogens is 180 g/mol. The van der Waals surface area contributed by atoms with Gasteiger partial charge in [0.2, 0.25) is 6.29 Å². The van der Waals surface area contributed by atoms with Crippen LogP contribution in [0.1, 0.15) is 12.5 Å². The highest BCUT2D eigenvalue weighted by Crippen LogP contribution is 2.16. The predicted molar refractivity (Wildman–Crippen MR) is 50.6 cm³/mol. The second-order valence-electron chi connectivity index (χ2n) is 3.32. The summed E-state index contributed by atoms with van der Waals surface area (Å²) in [5.74, 6) is -0.263. The Morgan fingerprint density at radius 2 is 2.00 bits per heavy atom. The third kappa shape index (κ3) is 1.93. The number of hydrogen-bond acceptors (Lipinski definition) is 3. The van der Waals surface area contributed by atoms with Crippen LogP contribution in [0.2, 0.25) is 0 Å². The zero-order valence-corrected chi connectivity index (χ0v) is 7.97. The van der Waals surface area contributed by atoms with Gasteiger partial charge in [0.15, 0.2) is 6.10 Å². The summed E-state index contributed by atoms with van der Waals surface area (Å²) in [4.78, 5) is 11.2. The van der Waals surface area contributed by atoms with E-state index in [4.69, 9.17) is 9.47 Å². The van der Waals surface area contributed by atoms with Crippen LogP contribution >= 0.6 is 0 Å². The average Bonchev–Trinajstić information content (AvgIpc) is 2.47. The maximum absolute atomic E-state index is 11.2. The van der Waals surface area contributed by atoms with E-state index >= 15 is 0 Å². The SMILES string of the molecule is C[C@H]1OC(=O)[C@H](Cc2ccccc2)O1. The molecule has 1 aliphatic heterocycles. The van der Waals surface area contributed by atoms with Gasteiger partial charge in [0.25, 0.3) is 0 Å². The molecule has 1 fully saturated rings. The van der Waals surface area contributed by atoms with E-state index in [1.165, 1.54) is 0 Å². The lowest BCUT2D eigenvalue weighted by molar-refractivity contribution is -0.142. The first-order chi connectivity index (χ1) is 6.75. The molecule has 3 nitrogen and oxygen atoms in total. The Balaban J connectivity index is 2.02. The summed E-state index contributed by atoms with van der Waals surface area (Å²) in [5, 5.41) is 0. The van der Waals surface area contributed by atoms with Gasteiger partial charge in [-0.1, -0.05) is 30.3 Å². The Morgan fingerprint density at radius 3 is 2.57 bits per heavy atom. The molecule has 2 atom stereocenters. The van der Waals surface area contributed by atoms with Crippen molar-refractivity contribution in [3.63, 3.8) is 0 Å². The summed E-state index contributed by atoms with van der Waals surface area (Å²) in [6.45, 7) is 1.73.